The van der Waals surface area contributed by atoms with E-state index in [1.165, 1.54) is 23.5 Å². The fourth-order valence-corrected chi connectivity index (χ4v) is 2.97. The molecular weight excluding hydrogens is 291 g/mol. The number of aliphatic hydroxyl groups excluding tert-OH is 1. The molecule has 0 saturated heterocycles. The highest BCUT2D eigenvalue weighted by molar-refractivity contribution is 7.09. The molecule has 7 heteroatoms. The molecule has 2 unspecified atom stereocenters. The number of H-pyrrole nitrogens is 1. The van der Waals surface area contributed by atoms with E-state index in [0.717, 1.165) is 5.39 Å². The van der Waals surface area contributed by atoms with Gasteiger partial charge >= 0.3 is 0 Å². The van der Waals surface area contributed by atoms with E-state index in [4.69, 9.17) is 11.0 Å². The van der Waals surface area contributed by atoms with E-state index >= 15 is 0 Å². The minimum Gasteiger partial charge on any atom is -0.381 e. The van der Waals surface area contributed by atoms with E-state index in [1.807, 2.05) is 6.07 Å². The maximum atomic E-state index is 13.2. The average molecular weight is 302 g/mol. The second-order valence-corrected chi connectivity index (χ2v) is 5.44. The van der Waals surface area contributed by atoms with E-state index in [1.54, 1.807) is 17.6 Å². The number of aromatic amines is 1. The number of nitrogens with zero attached hydrogens (tertiary/aromatic N) is 2. The zero-order chi connectivity index (χ0) is 15.0. The molecule has 0 saturated carbocycles. The standard InChI is InChI=1S/C14H11FN4OS/c15-7-1-2-8-9(5-18-11(8)3-7)13(20)14-19-12(6-21-14)10(17)4-16/h1-3,5-6,10,13,18,20H,17H2. The lowest BCUT2D eigenvalue weighted by Gasteiger charge is -2.06. The van der Waals surface area contributed by atoms with Crippen LogP contribution in [0.3, 0.4) is 0 Å². The van der Waals surface area contributed by atoms with Gasteiger partial charge < -0.3 is 15.8 Å². The van der Waals surface area contributed by atoms with Crippen LogP contribution in [0.2, 0.25) is 0 Å². The summed E-state index contributed by atoms with van der Waals surface area (Å²) >= 11 is 1.23. The van der Waals surface area contributed by atoms with Crippen molar-refractivity contribution in [3.05, 3.63) is 51.9 Å². The van der Waals surface area contributed by atoms with Gasteiger partial charge in [0, 0.05) is 28.0 Å². The first kappa shape index (κ1) is 13.7. The van der Waals surface area contributed by atoms with Crippen LogP contribution in [0.1, 0.15) is 28.4 Å². The minimum absolute atomic E-state index is 0.345. The number of aromatic nitrogens is 2. The fraction of sp³-hybridized carbons (Fsp3) is 0.143. The van der Waals surface area contributed by atoms with Crippen molar-refractivity contribution in [2.24, 2.45) is 5.73 Å². The van der Waals surface area contributed by atoms with E-state index in [9.17, 15) is 9.50 Å². The van der Waals surface area contributed by atoms with E-state index in [2.05, 4.69) is 9.97 Å². The third-order valence-corrected chi connectivity index (χ3v) is 4.12. The zero-order valence-electron chi connectivity index (χ0n) is 10.7. The van der Waals surface area contributed by atoms with E-state index in [0.29, 0.717) is 21.8 Å². The topological polar surface area (TPSA) is 98.7 Å². The maximum Gasteiger partial charge on any atom is 0.136 e. The first-order chi connectivity index (χ1) is 10.1. The summed E-state index contributed by atoms with van der Waals surface area (Å²) in [6, 6.07) is 5.40. The highest BCUT2D eigenvalue weighted by Crippen LogP contribution is 2.31. The first-order valence-electron chi connectivity index (χ1n) is 6.15. The lowest BCUT2D eigenvalue weighted by Crippen LogP contribution is -2.08. The summed E-state index contributed by atoms with van der Waals surface area (Å²) in [4.78, 5) is 7.11. The lowest BCUT2D eigenvalue weighted by molar-refractivity contribution is 0.221. The monoisotopic (exact) mass is 302 g/mol. The largest absolute Gasteiger partial charge is 0.381 e. The molecule has 21 heavy (non-hydrogen) atoms. The number of nitrogens with one attached hydrogen (secondary N) is 1. The van der Waals surface area contributed by atoms with Crippen molar-refractivity contribution in [1.29, 1.82) is 5.26 Å². The van der Waals surface area contributed by atoms with Crippen LogP contribution in [0.25, 0.3) is 10.9 Å². The number of hydrogen-bond acceptors (Lipinski definition) is 5. The number of aliphatic hydroxyl groups is 1. The molecule has 0 fully saturated rings. The van der Waals surface area contributed by atoms with Gasteiger partial charge in [-0.1, -0.05) is 0 Å². The summed E-state index contributed by atoms with van der Waals surface area (Å²) in [7, 11) is 0. The molecule has 0 spiro atoms. The molecule has 0 aliphatic heterocycles. The smallest absolute Gasteiger partial charge is 0.136 e. The number of nitriles is 1. The molecule has 2 aromatic heterocycles. The highest BCUT2D eigenvalue weighted by Gasteiger charge is 2.20. The minimum atomic E-state index is -0.950. The Morgan fingerprint density at radius 3 is 3.05 bits per heavy atom. The van der Waals surface area contributed by atoms with Crippen LogP contribution in [0.5, 0.6) is 0 Å². The zero-order valence-corrected chi connectivity index (χ0v) is 11.6. The summed E-state index contributed by atoms with van der Waals surface area (Å²) in [5.41, 5.74) is 7.23. The van der Waals surface area contributed by atoms with Crippen molar-refractivity contribution in [2.75, 3.05) is 0 Å². The van der Waals surface area contributed by atoms with Crippen molar-refractivity contribution >= 4 is 22.2 Å². The van der Waals surface area contributed by atoms with Crippen LogP contribution < -0.4 is 5.73 Å². The Bertz CT molecular complexity index is 835. The number of benzene rings is 1. The van der Waals surface area contributed by atoms with Crippen LogP contribution in [-0.2, 0) is 0 Å². The lowest BCUT2D eigenvalue weighted by atomic mass is 10.1. The second kappa shape index (κ2) is 5.26. The van der Waals surface area contributed by atoms with Gasteiger partial charge in [-0.3, -0.25) is 0 Å². The third-order valence-electron chi connectivity index (χ3n) is 3.20. The van der Waals surface area contributed by atoms with Gasteiger partial charge in [0.05, 0.1) is 11.8 Å². The van der Waals surface area contributed by atoms with E-state index < -0.39 is 12.1 Å². The Hall–Kier alpha value is -2.27. The molecule has 0 radical (unpaired) electrons. The van der Waals surface area contributed by atoms with Gasteiger partial charge in [-0.15, -0.1) is 11.3 Å². The van der Waals surface area contributed by atoms with Crippen molar-refractivity contribution in [1.82, 2.24) is 9.97 Å². The molecular formula is C14H11FN4OS. The van der Waals surface area contributed by atoms with Gasteiger partial charge in [0.1, 0.15) is 23.0 Å². The van der Waals surface area contributed by atoms with E-state index in [-0.39, 0.29) is 5.82 Å². The van der Waals surface area contributed by atoms with Gasteiger partial charge in [0.2, 0.25) is 0 Å². The van der Waals surface area contributed by atoms with Gasteiger partial charge in [0.25, 0.3) is 0 Å². The number of fused-ring (bicyclic) bond motifs is 1. The van der Waals surface area contributed by atoms with Gasteiger partial charge in [-0.2, -0.15) is 5.26 Å². The van der Waals surface area contributed by atoms with Gasteiger partial charge in [-0.25, -0.2) is 9.37 Å². The van der Waals surface area contributed by atoms with Crippen LogP contribution in [0, 0.1) is 17.1 Å². The van der Waals surface area contributed by atoms with Gasteiger partial charge in [0.15, 0.2) is 0 Å². The molecule has 0 aliphatic rings. The molecule has 0 amide bonds. The Labute approximate surface area is 123 Å². The van der Waals surface area contributed by atoms with Crippen molar-refractivity contribution in [3.63, 3.8) is 0 Å². The molecule has 5 nitrogen and oxygen atoms in total. The molecule has 3 aromatic rings. The predicted octanol–water partition coefficient (Wildman–Crippen LogP) is 2.37. The maximum absolute atomic E-state index is 13.2. The van der Waals surface area contributed by atoms with Crippen LogP contribution >= 0.6 is 11.3 Å². The normalized spacial score (nSPS) is 14.0. The SMILES string of the molecule is N#CC(N)c1csc(C(O)c2c[nH]c3cc(F)ccc23)n1. The van der Waals surface area contributed by atoms with Crippen LogP contribution in [0.4, 0.5) is 4.39 Å². The molecule has 106 valence electrons. The molecule has 1 aromatic carbocycles. The summed E-state index contributed by atoms with van der Waals surface area (Å²) in [6.07, 6.45) is 0.675. The van der Waals surface area contributed by atoms with Gasteiger partial charge in [-0.05, 0) is 18.2 Å². The van der Waals surface area contributed by atoms with Crippen molar-refractivity contribution < 1.29 is 9.50 Å². The summed E-state index contributed by atoms with van der Waals surface area (Å²) in [6.45, 7) is 0. The number of halogens is 1. The molecule has 2 heterocycles. The van der Waals surface area contributed by atoms with Crippen molar-refractivity contribution in [2.45, 2.75) is 12.1 Å². The number of rotatable bonds is 3. The number of thiazole rings is 1. The summed E-state index contributed by atoms with van der Waals surface area (Å²) in [5, 5.41) is 22.0. The Morgan fingerprint density at radius 2 is 2.29 bits per heavy atom. The average Bonchev–Trinajstić information content (AvgIpc) is 3.12. The molecule has 0 bridgehead atoms. The quantitative estimate of drug-likeness (QED) is 0.691. The Balaban J connectivity index is 1.99. The first-order valence-corrected chi connectivity index (χ1v) is 7.03. The highest BCUT2D eigenvalue weighted by atomic mass is 32.1. The van der Waals surface area contributed by atoms with Crippen LogP contribution in [-0.4, -0.2) is 15.1 Å². The Kier molecular flexibility index (Phi) is 3.43. The summed E-state index contributed by atoms with van der Waals surface area (Å²) < 4.78 is 13.2. The fourth-order valence-electron chi connectivity index (χ4n) is 2.12. The number of nitrogens with two attached hydrogens (primary N) is 1. The van der Waals surface area contributed by atoms with Crippen LogP contribution in [0.15, 0.2) is 29.8 Å². The molecule has 0 aliphatic carbocycles. The second-order valence-electron chi connectivity index (χ2n) is 4.55. The molecule has 2 atom stereocenters. The Morgan fingerprint density at radius 1 is 1.48 bits per heavy atom. The number of hydrogen-bond donors (Lipinski definition) is 3. The third kappa shape index (κ3) is 2.40. The predicted molar refractivity (Wildman–Crippen MR) is 77.0 cm³/mol. The molecule has 4 N–H and O–H groups in total. The van der Waals surface area contributed by atoms with Crippen molar-refractivity contribution in [3.8, 4) is 6.07 Å². The molecule has 3 rings (SSSR count). The summed E-state index contributed by atoms with van der Waals surface area (Å²) in [5.74, 6) is -0.345.